The smallest absolute Gasteiger partial charge is 0.335 e. The van der Waals surface area contributed by atoms with Gasteiger partial charge in [-0.15, -0.1) is 0 Å². The van der Waals surface area contributed by atoms with Crippen LogP contribution >= 0.6 is 0 Å². The molecule has 14 nitrogen and oxygen atoms in total. The summed E-state index contributed by atoms with van der Waals surface area (Å²) < 4.78 is 0. The van der Waals surface area contributed by atoms with Crippen LogP contribution in [0.15, 0.2) is 0 Å². The van der Waals surface area contributed by atoms with Crippen LogP contribution in [0.3, 0.4) is 0 Å². The summed E-state index contributed by atoms with van der Waals surface area (Å²) >= 11 is 0. The number of hydrogen-bond acceptors (Lipinski definition) is 12. The number of carbonyl (C=O) groups is 2. The Labute approximate surface area is 162 Å². The van der Waals surface area contributed by atoms with Gasteiger partial charge in [-0.3, -0.25) is 0 Å². The van der Waals surface area contributed by atoms with Crippen molar-refractivity contribution in [1.29, 1.82) is 0 Å². The maximum atomic E-state index is 10.1. The van der Waals surface area contributed by atoms with E-state index in [4.69, 9.17) is 61.3 Å². The fourth-order valence-electron chi connectivity index (χ4n) is 1.34. The van der Waals surface area contributed by atoms with Crippen LogP contribution in [0, 0.1) is 0 Å². The molecule has 0 saturated heterocycles. The van der Waals surface area contributed by atoms with Gasteiger partial charge in [0, 0.05) is 16.5 Å². The van der Waals surface area contributed by atoms with Crippen LogP contribution < -0.4 is 0 Å². The predicted octanol–water partition coefficient (Wildman–Crippen LogP) is -6.99. The first-order chi connectivity index (χ1) is 11.8. The van der Waals surface area contributed by atoms with E-state index in [1.165, 1.54) is 0 Å². The summed E-state index contributed by atoms with van der Waals surface area (Å²) in [5.41, 5.74) is 0. The zero-order valence-electron chi connectivity index (χ0n) is 13.5. The summed E-state index contributed by atoms with van der Waals surface area (Å²) in [6.07, 6.45) is -15.7. The first-order valence-electron chi connectivity index (χ1n) is 6.95. The fourth-order valence-corrected chi connectivity index (χ4v) is 1.34. The predicted molar refractivity (Wildman–Crippen MR) is 77.5 cm³/mol. The van der Waals surface area contributed by atoms with E-state index in [2.05, 4.69) is 0 Å². The van der Waals surface area contributed by atoms with Crippen LogP contribution in [-0.2, 0) is 26.1 Å². The van der Waals surface area contributed by atoms with Crippen molar-refractivity contribution in [3.8, 4) is 0 Å². The molecule has 0 saturated carbocycles. The maximum absolute atomic E-state index is 10.1. The van der Waals surface area contributed by atoms with Crippen molar-refractivity contribution in [2.75, 3.05) is 13.2 Å². The van der Waals surface area contributed by atoms with Crippen molar-refractivity contribution < 1.29 is 87.4 Å². The van der Waals surface area contributed by atoms with Gasteiger partial charge in [0.1, 0.15) is 36.6 Å². The molecular formula is C12H24NiO14. The van der Waals surface area contributed by atoms with E-state index in [1.54, 1.807) is 0 Å². The molecule has 0 heterocycles. The number of carboxylic acids is 2. The molecule has 0 bridgehead atoms. The monoisotopic (exact) mass is 450 g/mol. The van der Waals surface area contributed by atoms with Crippen molar-refractivity contribution in [2.24, 2.45) is 0 Å². The molecule has 0 radical (unpaired) electrons. The summed E-state index contributed by atoms with van der Waals surface area (Å²) in [7, 11) is 0. The van der Waals surface area contributed by atoms with E-state index in [9.17, 15) is 9.59 Å². The van der Waals surface area contributed by atoms with Gasteiger partial charge >= 0.3 is 11.9 Å². The van der Waals surface area contributed by atoms with E-state index < -0.39 is 74.0 Å². The van der Waals surface area contributed by atoms with E-state index >= 15 is 0 Å². The molecule has 0 fully saturated rings. The molecule has 0 rings (SSSR count). The summed E-state index contributed by atoms with van der Waals surface area (Å²) in [4.78, 5) is 20.2. The van der Waals surface area contributed by atoms with Gasteiger partial charge in [0.2, 0.25) is 0 Å². The second-order valence-electron chi connectivity index (χ2n) is 5.03. The molecule has 8 unspecified atom stereocenters. The van der Waals surface area contributed by atoms with Crippen molar-refractivity contribution in [3.63, 3.8) is 0 Å². The molecule has 0 aliphatic rings. The normalized spacial score (nSPS) is 19.6. The Morgan fingerprint density at radius 2 is 0.778 bits per heavy atom. The molecule has 12 N–H and O–H groups in total. The molecule has 0 aromatic rings. The fraction of sp³-hybridized carbons (Fsp3) is 0.833. The Kier molecular flexibility index (Phi) is 17.1. The van der Waals surface area contributed by atoms with Crippen LogP contribution in [-0.4, -0.2) is 135 Å². The molecule has 8 atom stereocenters. The average molecular weight is 451 g/mol. The van der Waals surface area contributed by atoms with Gasteiger partial charge in [-0.25, -0.2) is 9.59 Å². The minimum absolute atomic E-state index is 0. The minimum Gasteiger partial charge on any atom is -0.479 e. The minimum atomic E-state index is -2.20. The van der Waals surface area contributed by atoms with Gasteiger partial charge in [-0.2, -0.15) is 0 Å². The van der Waals surface area contributed by atoms with Gasteiger partial charge < -0.3 is 61.3 Å². The van der Waals surface area contributed by atoms with Gasteiger partial charge in [-0.05, 0) is 0 Å². The molecule has 0 aliphatic carbocycles. The van der Waals surface area contributed by atoms with Crippen molar-refractivity contribution in [1.82, 2.24) is 0 Å². The number of carboxylic acid groups (broad SMARTS) is 2. The van der Waals surface area contributed by atoms with Crippen molar-refractivity contribution in [2.45, 2.75) is 48.8 Å². The first-order valence-corrected chi connectivity index (χ1v) is 6.95. The van der Waals surface area contributed by atoms with Gasteiger partial charge in [-0.1, -0.05) is 0 Å². The Morgan fingerprint density at radius 1 is 0.556 bits per heavy atom. The number of aliphatic hydroxyl groups is 10. The van der Waals surface area contributed by atoms with E-state index in [-0.39, 0.29) is 16.5 Å². The molecule has 0 aliphatic heterocycles. The Hall–Kier alpha value is -0.966. The van der Waals surface area contributed by atoms with Gasteiger partial charge in [0.25, 0.3) is 0 Å². The van der Waals surface area contributed by atoms with Gasteiger partial charge in [0.05, 0.1) is 13.2 Å². The Balaban J connectivity index is -0.000000411. The summed E-state index contributed by atoms with van der Waals surface area (Å²) in [5, 5.41) is 104. The Morgan fingerprint density at radius 3 is 0.926 bits per heavy atom. The molecule has 166 valence electrons. The molecular weight excluding hydrogens is 427 g/mol. The zero-order chi connectivity index (χ0) is 21.2. The van der Waals surface area contributed by atoms with E-state index in [0.717, 1.165) is 0 Å². The van der Waals surface area contributed by atoms with Crippen LogP contribution in [0.4, 0.5) is 0 Å². The number of hydrogen-bond donors (Lipinski definition) is 12. The summed E-state index contributed by atoms with van der Waals surface area (Å²) in [5.74, 6) is -3.45. The summed E-state index contributed by atoms with van der Waals surface area (Å²) in [6, 6.07) is 0. The van der Waals surface area contributed by atoms with E-state index in [0.29, 0.717) is 0 Å². The number of aliphatic hydroxyl groups excluding tert-OH is 10. The van der Waals surface area contributed by atoms with Gasteiger partial charge in [0.15, 0.2) is 12.2 Å². The standard InChI is InChI=1S/2C6H12O7.Ni/c2*7-1-2(8)3(9)4(10)5(11)6(12)13;/h2*2-5,7-11H,1H2,(H,12,13);. The second-order valence-corrected chi connectivity index (χ2v) is 5.03. The quantitative estimate of drug-likeness (QED) is 0.138. The average Bonchev–Trinajstić information content (AvgIpc) is 2.62. The Bertz CT molecular complexity index is 385. The third-order valence-corrected chi connectivity index (χ3v) is 3.02. The van der Waals surface area contributed by atoms with E-state index in [1.807, 2.05) is 0 Å². The molecule has 0 aromatic heterocycles. The van der Waals surface area contributed by atoms with Crippen LogP contribution in [0.2, 0.25) is 0 Å². The molecule has 15 heteroatoms. The van der Waals surface area contributed by atoms with Crippen LogP contribution in [0.25, 0.3) is 0 Å². The molecule has 27 heavy (non-hydrogen) atoms. The van der Waals surface area contributed by atoms with Crippen molar-refractivity contribution >= 4 is 11.9 Å². The SMILES string of the molecule is O=C(O)C(O)C(O)C(O)C(O)CO.O=C(O)C(O)C(O)C(O)C(O)CO.[Ni]. The topological polar surface area (TPSA) is 277 Å². The maximum Gasteiger partial charge on any atom is 0.335 e. The summed E-state index contributed by atoms with van der Waals surface area (Å²) in [6.45, 7) is -1.69. The third-order valence-electron chi connectivity index (χ3n) is 3.02. The van der Waals surface area contributed by atoms with Crippen LogP contribution in [0.1, 0.15) is 0 Å². The zero-order valence-corrected chi connectivity index (χ0v) is 14.5. The largest absolute Gasteiger partial charge is 0.479 e. The second kappa shape index (κ2) is 15.0. The molecule has 0 aromatic carbocycles. The third kappa shape index (κ3) is 10.8. The first kappa shape index (κ1) is 30.8. The number of aliphatic carboxylic acids is 2. The molecule has 0 spiro atoms. The van der Waals surface area contributed by atoms with Crippen LogP contribution in [0.5, 0.6) is 0 Å². The number of rotatable bonds is 10. The molecule has 0 amide bonds. The van der Waals surface area contributed by atoms with Crippen molar-refractivity contribution in [3.05, 3.63) is 0 Å².